The molecule has 3 heteroatoms. The second-order valence-electron chi connectivity index (χ2n) is 4.49. The van der Waals surface area contributed by atoms with Crippen molar-refractivity contribution < 1.29 is 4.79 Å². The third kappa shape index (κ3) is 10.7. The topological polar surface area (TPSA) is 43.1 Å². The van der Waals surface area contributed by atoms with Crippen molar-refractivity contribution in [3.63, 3.8) is 0 Å². The van der Waals surface area contributed by atoms with Crippen LogP contribution in [0.2, 0.25) is 0 Å². The monoisotopic (exact) mass is 339 g/mol. The van der Waals surface area contributed by atoms with Gasteiger partial charge in [-0.2, -0.15) is 0 Å². The SMILES string of the molecule is CCCCCCCCCCCC(I)C(N)=O. The molecule has 0 aromatic carbocycles. The maximum absolute atomic E-state index is 10.8. The molecular formula is C13H26INO. The van der Waals surface area contributed by atoms with E-state index in [0.717, 1.165) is 12.8 Å². The van der Waals surface area contributed by atoms with E-state index in [4.69, 9.17) is 5.73 Å². The number of nitrogens with two attached hydrogens (primary N) is 1. The van der Waals surface area contributed by atoms with Crippen LogP contribution in [0, 0.1) is 0 Å². The van der Waals surface area contributed by atoms with E-state index in [9.17, 15) is 4.79 Å². The van der Waals surface area contributed by atoms with Crippen molar-refractivity contribution in [3.8, 4) is 0 Å². The minimum atomic E-state index is -0.167. The number of hydrogen-bond acceptors (Lipinski definition) is 1. The lowest BCUT2D eigenvalue weighted by Crippen LogP contribution is -2.22. The summed E-state index contributed by atoms with van der Waals surface area (Å²) in [6, 6.07) is 0. The Kier molecular flexibility index (Phi) is 11.8. The quantitative estimate of drug-likeness (QED) is 0.342. The molecule has 0 bridgehead atoms. The van der Waals surface area contributed by atoms with Crippen molar-refractivity contribution in [2.45, 2.75) is 75.1 Å². The highest BCUT2D eigenvalue weighted by Gasteiger charge is 2.08. The van der Waals surface area contributed by atoms with Crippen molar-refractivity contribution in [2.75, 3.05) is 0 Å². The molecule has 0 aliphatic rings. The van der Waals surface area contributed by atoms with Crippen molar-refractivity contribution >= 4 is 28.5 Å². The van der Waals surface area contributed by atoms with Crippen molar-refractivity contribution in [1.82, 2.24) is 0 Å². The van der Waals surface area contributed by atoms with Crippen LogP contribution in [0.25, 0.3) is 0 Å². The number of hydrogen-bond donors (Lipinski definition) is 1. The number of primary amides is 1. The number of alkyl halides is 1. The first-order chi connectivity index (χ1) is 7.68. The van der Waals surface area contributed by atoms with Gasteiger partial charge in [0.1, 0.15) is 0 Å². The van der Waals surface area contributed by atoms with Crippen LogP contribution in [0.1, 0.15) is 71.1 Å². The Morgan fingerprint density at radius 1 is 1.00 bits per heavy atom. The van der Waals surface area contributed by atoms with Crippen molar-refractivity contribution in [1.29, 1.82) is 0 Å². The molecule has 0 radical (unpaired) electrons. The van der Waals surface area contributed by atoms with Crippen LogP contribution >= 0.6 is 22.6 Å². The predicted molar refractivity (Wildman–Crippen MR) is 78.8 cm³/mol. The average molecular weight is 339 g/mol. The lowest BCUT2D eigenvalue weighted by molar-refractivity contribution is -0.117. The Morgan fingerprint density at radius 2 is 1.44 bits per heavy atom. The van der Waals surface area contributed by atoms with Crippen LogP contribution in [0.5, 0.6) is 0 Å². The van der Waals surface area contributed by atoms with Gasteiger partial charge in [0, 0.05) is 0 Å². The highest BCUT2D eigenvalue weighted by Crippen LogP contribution is 2.14. The summed E-state index contributed by atoms with van der Waals surface area (Å²) >= 11 is 2.14. The smallest absolute Gasteiger partial charge is 0.230 e. The van der Waals surface area contributed by atoms with Crippen molar-refractivity contribution in [2.24, 2.45) is 5.73 Å². The molecule has 0 fully saturated rings. The summed E-state index contributed by atoms with van der Waals surface area (Å²) in [7, 11) is 0. The Balaban J connectivity index is 3.07. The van der Waals surface area contributed by atoms with Crippen LogP contribution < -0.4 is 5.73 Å². The fourth-order valence-corrected chi connectivity index (χ4v) is 2.22. The van der Waals surface area contributed by atoms with Crippen LogP contribution in [-0.4, -0.2) is 9.83 Å². The van der Waals surface area contributed by atoms with E-state index in [1.807, 2.05) is 0 Å². The molecule has 96 valence electrons. The summed E-state index contributed by atoms with van der Waals surface area (Å²) in [5.74, 6) is -0.167. The molecule has 2 N–H and O–H groups in total. The number of halogens is 1. The first-order valence-electron chi connectivity index (χ1n) is 6.62. The number of rotatable bonds is 11. The second-order valence-corrected chi connectivity index (χ2v) is 5.99. The van der Waals surface area contributed by atoms with Crippen LogP contribution in [0.3, 0.4) is 0 Å². The number of carbonyl (C=O) groups is 1. The molecule has 0 saturated carbocycles. The lowest BCUT2D eigenvalue weighted by Gasteiger charge is -2.05. The average Bonchev–Trinajstić information content (AvgIpc) is 2.26. The van der Waals surface area contributed by atoms with Gasteiger partial charge in [-0.25, -0.2) is 0 Å². The van der Waals surface area contributed by atoms with Crippen LogP contribution in [-0.2, 0) is 4.79 Å². The van der Waals surface area contributed by atoms with E-state index in [0.29, 0.717) is 0 Å². The first kappa shape index (κ1) is 16.2. The lowest BCUT2D eigenvalue weighted by atomic mass is 10.1. The Morgan fingerprint density at radius 3 is 1.88 bits per heavy atom. The molecule has 0 aliphatic heterocycles. The first-order valence-corrected chi connectivity index (χ1v) is 7.86. The molecule has 0 rings (SSSR count). The molecule has 0 aliphatic carbocycles. The highest BCUT2D eigenvalue weighted by atomic mass is 127. The summed E-state index contributed by atoms with van der Waals surface area (Å²) in [5, 5.41) is 0. The Labute approximate surface area is 114 Å². The minimum Gasteiger partial charge on any atom is -0.369 e. The molecule has 0 aromatic heterocycles. The van der Waals surface area contributed by atoms with Gasteiger partial charge in [-0.3, -0.25) is 4.79 Å². The zero-order chi connectivity index (χ0) is 12.2. The van der Waals surface area contributed by atoms with Gasteiger partial charge in [0.25, 0.3) is 0 Å². The van der Waals surface area contributed by atoms with Gasteiger partial charge in [-0.15, -0.1) is 0 Å². The minimum absolute atomic E-state index is 0.0298. The van der Waals surface area contributed by atoms with E-state index in [1.54, 1.807) is 0 Å². The molecule has 1 unspecified atom stereocenters. The molecular weight excluding hydrogens is 313 g/mol. The van der Waals surface area contributed by atoms with Crippen molar-refractivity contribution in [3.05, 3.63) is 0 Å². The second kappa shape index (κ2) is 11.7. The molecule has 1 atom stereocenters. The summed E-state index contributed by atoms with van der Waals surface area (Å²) in [5.41, 5.74) is 5.20. The third-order valence-electron chi connectivity index (χ3n) is 2.87. The van der Waals surface area contributed by atoms with Gasteiger partial charge in [-0.05, 0) is 6.42 Å². The third-order valence-corrected chi connectivity index (χ3v) is 4.11. The van der Waals surface area contributed by atoms with Crippen LogP contribution in [0.4, 0.5) is 0 Å². The zero-order valence-electron chi connectivity index (χ0n) is 10.5. The molecule has 2 nitrogen and oxygen atoms in total. The van der Waals surface area contributed by atoms with Gasteiger partial charge in [0.15, 0.2) is 0 Å². The summed E-state index contributed by atoms with van der Waals surface area (Å²) < 4.78 is 0.0298. The summed E-state index contributed by atoms with van der Waals surface area (Å²) in [6.45, 7) is 2.25. The normalized spacial score (nSPS) is 12.6. The van der Waals surface area contributed by atoms with Gasteiger partial charge in [-0.1, -0.05) is 87.3 Å². The van der Waals surface area contributed by atoms with Gasteiger partial charge < -0.3 is 5.73 Å². The maximum atomic E-state index is 10.8. The fraction of sp³-hybridized carbons (Fsp3) is 0.923. The van der Waals surface area contributed by atoms with Gasteiger partial charge >= 0.3 is 0 Å². The van der Waals surface area contributed by atoms with Gasteiger partial charge in [0.05, 0.1) is 3.92 Å². The van der Waals surface area contributed by atoms with Crippen LogP contribution in [0.15, 0.2) is 0 Å². The number of amides is 1. The fourth-order valence-electron chi connectivity index (χ4n) is 1.78. The molecule has 16 heavy (non-hydrogen) atoms. The summed E-state index contributed by atoms with van der Waals surface area (Å²) in [4.78, 5) is 10.8. The standard InChI is InChI=1S/C13H26INO/c1-2-3-4-5-6-7-8-9-10-11-12(14)13(15)16/h12H,2-11H2,1H3,(H2,15,16). The van der Waals surface area contributed by atoms with Gasteiger partial charge in [0.2, 0.25) is 5.91 Å². The number of carbonyl (C=O) groups excluding carboxylic acids is 1. The van der Waals surface area contributed by atoms with E-state index in [2.05, 4.69) is 29.5 Å². The Bertz CT molecular complexity index is 173. The Hall–Kier alpha value is 0.200. The van der Waals surface area contributed by atoms with E-state index < -0.39 is 0 Å². The van der Waals surface area contributed by atoms with E-state index >= 15 is 0 Å². The highest BCUT2D eigenvalue weighted by molar-refractivity contribution is 14.1. The molecule has 0 saturated heterocycles. The van der Waals surface area contributed by atoms with E-state index in [1.165, 1.54) is 51.4 Å². The zero-order valence-corrected chi connectivity index (χ0v) is 12.7. The maximum Gasteiger partial charge on any atom is 0.230 e. The molecule has 1 amide bonds. The predicted octanol–water partition coefficient (Wildman–Crippen LogP) is 4.20. The number of unbranched alkanes of at least 4 members (excludes halogenated alkanes) is 8. The molecule has 0 aromatic rings. The molecule has 0 spiro atoms. The summed E-state index contributed by atoms with van der Waals surface area (Å²) in [6.07, 6.45) is 12.9. The molecule has 0 heterocycles. The van der Waals surface area contributed by atoms with E-state index in [-0.39, 0.29) is 9.83 Å². The largest absolute Gasteiger partial charge is 0.369 e.